The SMILES string of the molecule is O=C(OC1Cc2ccccc2C1)c1cc2cc(Br)ccc2[nH]1. The van der Waals surface area contributed by atoms with Crippen LogP contribution in [0, 0.1) is 0 Å². The second kappa shape index (κ2) is 5.29. The van der Waals surface area contributed by atoms with Crippen LogP contribution in [0.4, 0.5) is 0 Å². The molecule has 1 N–H and O–H groups in total. The van der Waals surface area contributed by atoms with Crippen molar-refractivity contribution in [3.05, 3.63) is 69.8 Å². The van der Waals surface area contributed by atoms with E-state index in [0.29, 0.717) is 5.69 Å². The Morgan fingerprint density at radius 1 is 1.09 bits per heavy atom. The van der Waals surface area contributed by atoms with E-state index in [0.717, 1.165) is 28.2 Å². The highest BCUT2D eigenvalue weighted by atomic mass is 79.9. The maximum atomic E-state index is 12.3. The number of halogens is 1. The summed E-state index contributed by atoms with van der Waals surface area (Å²) in [6.45, 7) is 0. The molecular weight excluding hydrogens is 342 g/mol. The van der Waals surface area contributed by atoms with Gasteiger partial charge in [-0.3, -0.25) is 0 Å². The highest BCUT2D eigenvalue weighted by Gasteiger charge is 2.25. The third-order valence-corrected chi connectivity index (χ3v) is 4.58. The first-order valence-electron chi connectivity index (χ1n) is 7.25. The van der Waals surface area contributed by atoms with Crippen LogP contribution in [0.5, 0.6) is 0 Å². The molecule has 1 heterocycles. The molecule has 4 rings (SSSR count). The van der Waals surface area contributed by atoms with E-state index in [9.17, 15) is 4.79 Å². The lowest BCUT2D eigenvalue weighted by molar-refractivity contribution is 0.0319. The van der Waals surface area contributed by atoms with E-state index in [4.69, 9.17) is 4.74 Å². The maximum absolute atomic E-state index is 12.3. The molecule has 0 fully saturated rings. The lowest BCUT2D eigenvalue weighted by Gasteiger charge is -2.10. The van der Waals surface area contributed by atoms with Crippen molar-refractivity contribution in [3.63, 3.8) is 0 Å². The molecule has 2 aromatic carbocycles. The summed E-state index contributed by atoms with van der Waals surface area (Å²) in [6.07, 6.45) is 1.53. The van der Waals surface area contributed by atoms with Crippen LogP contribution in [-0.4, -0.2) is 17.1 Å². The zero-order valence-corrected chi connectivity index (χ0v) is 13.4. The Morgan fingerprint density at radius 2 is 1.82 bits per heavy atom. The number of H-pyrrole nitrogens is 1. The van der Waals surface area contributed by atoms with Gasteiger partial charge in [0.1, 0.15) is 11.8 Å². The van der Waals surface area contributed by atoms with Crippen molar-refractivity contribution in [2.75, 3.05) is 0 Å². The highest BCUT2D eigenvalue weighted by molar-refractivity contribution is 9.10. The molecule has 1 aliphatic carbocycles. The number of fused-ring (bicyclic) bond motifs is 2. The van der Waals surface area contributed by atoms with Gasteiger partial charge in [0, 0.05) is 28.2 Å². The van der Waals surface area contributed by atoms with Gasteiger partial charge in [0.05, 0.1) is 0 Å². The van der Waals surface area contributed by atoms with Gasteiger partial charge in [-0.25, -0.2) is 4.79 Å². The number of ether oxygens (including phenoxy) is 1. The van der Waals surface area contributed by atoms with E-state index >= 15 is 0 Å². The predicted molar refractivity (Wildman–Crippen MR) is 89.1 cm³/mol. The molecule has 1 aromatic heterocycles. The van der Waals surface area contributed by atoms with Gasteiger partial charge in [-0.1, -0.05) is 40.2 Å². The molecule has 0 amide bonds. The summed E-state index contributed by atoms with van der Waals surface area (Å²) in [6, 6.07) is 16.0. The molecule has 4 heteroatoms. The van der Waals surface area contributed by atoms with Crippen LogP contribution in [0.3, 0.4) is 0 Å². The molecule has 0 aliphatic heterocycles. The molecule has 0 atom stereocenters. The summed E-state index contributed by atoms with van der Waals surface area (Å²) in [5.41, 5.74) is 4.00. The number of esters is 1. The number of aromatic nitrogens is 1. The van der Waals surface area contributed by atoms with E-state index in [2.05, 4.69) is 33.0 Å². The number of rotatable bonds is 2. The van der Waals surface area contributed by atoms with E-state index in [1.54, 1.807) is 0 Å². The zero-order valence-electron chi connectivity index (χ0n) is 11.8. The molecule has 0 radical (unpaired) electrons. The monoisotopic (exact) mass is 355 g/mol. The van der Waals surface area contributed by atoms with Crippen molar-refractivity contribution in [1.29, 1.82) is 0 Å². The Labute approximate surface area is 136 Å². The van der Waals surface area contributed by atoms with Crippen molar-refractivity contribution >= 4 is 32.8 Å². The van der Waals surface area contributed by atoms with E-state index < -0.39 is 0 Å². The molecule has 110 valence electrons. The first-order valence-corrected chi connectivity index (χ1v) is 8.04. The molecule has 0 bridgehead atoms. The summed E-state index contributed by atoms with van der Waals surface area (Å²) in [7, 11) is 0. The Morgan fingerprint density at radius 3 is 2.55 bits per heavy atom. The molecule has 1 aliphatic rings. The van der Waals surface area contributed by atoms with Crippen LogP contribution >= 0.6 is 15.9 Å². The Balaban J connectivity index is 1.52. The largest absolute Gasteiger partial charge is 0.457 e. The second-order valence-electron chi connectivity index (χ2n) is 5.62. The number of hydrogen-bond donors (Lipinski definition) is 1. The van der Waals surface area contributed by atoms with Gasteiger partial charge >= 0.3 is 5.97 Å². The fourth-order valence-electron chi connectivity index (χ4n) is 3.03. The summed E-state index contributed by atoms with van der Waals surface area (Å²) < 4.78 is 6.65. The summed E-state index contributed by atoms with van der Waals surface area (Å²) >= 11 is 3.44. The first-order chi connectivity index (χ1) is 10.7. The smallest absolute Gasteiger partial charge is 0.355 e. The Kier molecular flexibility index (Phi) is 3.26. The number of nitrogens with one attached hydrogen (secondary N) is 1. The maximum Gasteiger partial charge on any atom is 0.355 e. The van der Waals surface area contributed by atoms with Crippen molar-refractivity contribution in [2.24, 2.45) is 0 Å². The number of carbonyl (C=O) groups is 1. The van der Waals surface area contributed by atoms with Gasteiger partial charge in [-0.05, 0) is 35.4 Å². The van der Waals surface area contributed by atoms with Crippen LogP contribution in [-0.2, 0) is 17.6 Å². The molecule has 0 saturated heterocycles. The molecule has 0 unspecified atom stereocenters. The Bertz CT molecular complexity index is 843. The molecule has 3 aromatic rings. The van der Waals surface area contributed by atoms with Crippen molar-refractivity contribution in [2.45, 2.75) is 18.9 Å². The van der Waals surface area contributed by atoms with Gasteiger partial charge in [0.25, 0.3) is 0 Å². The van der Waals surface area contributed by atoms with Gasteiger partial charge in [0.2, 0.25) is 0 Å². The number of carbonyl (C=O) groups excluding carboxylic acids is 1. The van der Waals surface area contributed by atoms with Crippen LogP contribution in [0.25, 0.3) is 10.9 Å². The predicted octanol–water partition coefficient (Wildman–Crippen LogP) is 4.25. The van der Waals surface area contributed by atoms with Crippen molar-refractivity contribution in [1.82, 2.24) is 4.98 Å². The van der Waals surface area contributed by atoms with Crippen LogP contribution in [0.2, 0.25) is 0 Å². The Hall–Kier alpha value is -2.07. The van der Waals surface area contributed by atoms with Crippen LogP contribution < -0.4 is 0 Å². The summed E-state index contributed by atoms with van der Waals surface area (Å²) in [4.78, 5) is 15.5. The number of benzene rings is 2. The summed E-state index contributed by atoms with van der Waals surface area (Å²) in [5.74, 6) is -0.287. The third-order valence-electron chi connectivity index (χ3n) is 4.09. The zero-order chi connectivity index (χ0) is 15.1. The molecule has 0 spiro atoms. The second-order valence-corrected chi connectivity index (χ2v) is 6.53. The van der Waals surface area contributed by atoms with E-state index in [1.165, 1.54) is 11.1 Å². The average molecular weight is 356 g/mol. The fourth-order valence-corrected chi connectivity index (χ4v) is 3.41. The highest BCUT2D eigenvalue weighted by Crippen LogP contribution is 2.25. The lowest BCUT2D eigenvalue weighted by atomic mass is 10.1. The third kappa shape index (κ3) is 2.44. The van der Waals surface area contributed by atoms with Crippen LogP contribution in [0.1, 0.15) is 21.6 Å². The lowest BCUT2D eigenvalue weighted by Crippen LogP contribution is -2.18. The van der Waals surface area contributed by atoms with Gasteiger partial charge in [-0.15, -0.1) is 0 Å². The topological polar surface area (TPSA) is 42.1 Å². The minimum absolute atomic E-state index is 0.0666. The summed E-state index contributed by atoms with van der Waals surface area (Å²) in [5, 5.41) is 0.996. The first kappa shape index (κ1) is 13.6. The van der Waals surface area contributed by atoms with Crippen molar-refractivity contribution in [3.8, 4) is 0 Å². The molecule has 3 nitrogen and oxygen atoms in total. The normalized spacial score (nSPS) is 14.2. The van der Waals surface area contributed by atoms with Gasteiger partial charge in [-0.2, -0.15) is 0 Å². The van der Waals surface area contributed by atoms with Gasteiger partial charge in [0.15, 0.2) is 0 Å². The number of hydrogen-bond acceptors (Lipinski definition) is 2. The number of aromatic amines is 1. The molecular formula is C18H14BrNO2. The van der Waals surface area contributed by atoms with E-state index in [1.807, 2.05) is 36.4 Å². The standard InChI is InChI=1S/C18H14BrNO2/c19-14-5-6-16-13(7-14)10-17(20-16)18(21)22-15-8-11-3-1-2-4-12(11)9-15/h1-7,10,15,20H,8-9H2. The fraction of sp³-hybridized carbons (Fsp3) is 0.167. The van der Waals surface area contributed by atoms with Crippen molar-refractivity contribution < 1.29 is 9.53 Å². The minimum atomic E-state index is -0.287. The molecule has 22 heavy (non-hydrogen) atoms. The minimum Gasteiger partial charge on any atom is -0.457 e. The quantitative estimate of drug-likeness (QED) is 0.698. The van der Waals surface area contributed by atoms with Crippen LogP contribution in [0.15, 0.2) is 53.0 Å². The van der Waals surface area contributed by atoms with Gasteiger partial charge < -0.3 is 9.72 Å². The average Bonchev–Trinajstić information content (AvgIpc) is 3.09. The molecule has 0 saturated carbocycles. The van der Waals surface area contributed by atoms with E-state index in [-0.39, 0.29) is 12.1 Å².